The van der Waals surface area contributed by atoms with Gasteiger partial charge in [-0.15, -0.1) is 11.3 Å². The van der Waals surface area contributed by atoms with Crippen molar-refractivity contribution in [1.82, 2.24) is 9.97 Å². The van der Waals surface area contributed by atoms with E-state index in [2.05, 4.69) is 53.4 Å². The second kappa shape index (κ2) is 6.96. The molecule has 0 unspecified atom stereocenters. The molecule has 0 bridgehead atoms. The van der Waals surface area contributed by atoms with E-state index in [-0.39, 0.29) is 5.56 Å². The van der Waals surface area contributed by atoms with Crippen molar-refractivity contribution in [3.05, 3.63) is 46.2 Å². The van der Waals surface area contributed by atoms with Gasteiger partial charge >= 0.3 is 0 Å². The van der Waals surface area contributed by atoms with Gasteiger partial charge in [0.1, 0.15) is 4.70 Å². The van der Waals surface area contributed by atoms with Crippen LogP contribution in [-0.4, -0.2) is 16.5 Å². The molecule has 0 aliphatic carbocycles. The Kier molecular flexibility index (Phi) is 4.76. The van der Waals surface area contributed by atoms with E-state index in [1.807, 2.05) is 6.07 Å². The van der Waals surface area contributed by atoms with Crippen molar-refractivity contribution in [2.45, 2.75) is 33.1 Å². The van der Waals surface area contributed by atoms with Crippen molar-refractivity contribution in [1.29, 1.82) is 0 Å². The van der Waals surface area contributed by atoms with Crippen LogP contribution in [0.15, 0.2) is 35.1 Å². The van der Waals surface area contributed by atoms with E-state index in [1.54, 1.807) is 0 Å². The van der Waals surface area contributed by atoms with Crippen molar-refractivity contribution in [2.75, 3.05) is 11.9 Å². The number of thiophene rings is 1. The molecule has 4 nitrogen and oxygen atoms in total. The van der Waals surface area contributed by atoms with Crippen molar-refractivity contribution in [3.63, 3.8) is 0 Å². The molecule has 0 radical (unpaired) electrons. The van der Waals surface area contributed by atoms with Crippen LogP contribution in [0.3, 0.4) is 0 Å². The van der Waals surface area contributed by atoms with Crippen LogP contribution >= 0.6 is 11.3 Å². The molecular formula is C18H21N3OS. The van der Waals surface area contributed by atoms with E-state index in [9.17, 15) is 4.79 Å². The number of anilines is 1. The van der Waals surface area contributed by atoms with Gasteiger partial charge in [-0.05, 0) is 25.0 Å². The van der Waals surface area contributed by atoms with Gasteiger partial charge < -0.3 is 5.32 Å². The third kappa shape index (κ3) is 3.62. The second-order valence-corrected chi connectivity index (χ2v) is 6.79. The predicted molar refractivity (Wildman–Crippen MR) is 98.4 cm³/mol. The van der Waals surface area contributed by atoms with E-state index in [0.29, 0.717) is 10.6 Å². The normalized spacial score (nSPS) is 11.0. The van der Waals surface area contributed by atoms with Crippen LogP contribution in [-0.2, 0) is 0 Å². The molecule has 0 saturated carbocycles. The molecule has 2 N–H and O–H groups in total. The standard InChI is InChI=1S/C18H21N3OS/c1-3-4-5-10-19-18-20-14-11-15(23-16(14)17(22)21-18)13-8-6-12(2)7-9-13/h6-9,11H,3-5,10H2,1-2H3,(H2,19,20,21,22). The summed E-state index contributed by atoms with van der Waals surface area (Å²) in [6.45, 7) is 5.07. The van der Waals surface area contributed by atoms with E-state index < -0.39 is 0 Å². The summed E-state index contributed by atoms with van der Waals surface area (Å²) in [6, 6.07) is 10.3. The van der Waals surface area contributed by atoms with Gasteiger partial charge in [0.25, 0.3) is 5.56 Å². The SMILES string of the molecule is CCCCCNc1nc2cc(-c3ccc(C)cc3)sc2c(=O)[nH]1. The molecule has 0 aliphatic rings. The minimum atomic E-state index is -0.0728. The quantitative estimate of drug-likeness (QED) is 0.652. The first kappa shape index (κ1) is 15.7. The Hall–Kier alpha value is -2.14. The molecule has 0 fully saturated rings. The number of benzene rings is 1. The Labute approximate surface area is 139 Å². The average molecular weight is 327 g/mol. The Balaban J connectivity index is 1.88. The number of hydrogen-bond acceptors (Lipinski definition) is 4. The maximum Gasteiger partial charge on any atom is 0.270 e. The maximum absolute atomic E-state index is 12.3. The number of H-pyrrole nitrogens is 1. The van der Waals surface area contributed by atoms with E-state index in [4.69, 9.17) is 0 Å². The molecule has 1 aromatic carbocycles. The second-order valence-electron chi connectivity index (χ2n) is 5.74. The Bertz CT molecular complexity index is 849. The number of nitrogens with one attached hydrogen (secondary N) is 2. The summed E-state index contributed by atoms with van der Waals surface area (Å²) >= 11 is 1.49. The lowest BCUT2D eigenvalue weighted by Gasteiger charge is -2.04. The smallest absolute Gasteiger partial charge is 0.270 e. The highest BCUT2D eigenvalue weighted by molar-refractivity contribution is 7.22. The molecule has 3 rings (SSSR count). The summed E-state index contributed by atoms with van der Waals surface area (Å²) < 4.78 is 0.680. The van der Waals surface area contributed by atoms with Crippen molar-refractivity contribution in [2.24, 2.45) is 0 Å². The van der Waals surface area contributed by atoms with Crippen molar-refractivity contribution in [3.8, 4) is 10.4 Å². The molecule has 0 atom stereocenters. The Morgan fingerprint density at radius 3 is 2.74 bits per heavy atom. The molecule has 2 heterocycles. The van der Waals surface area contributed by atoms with Gasteiger partial charge in [0, 0.05) is 11.4 Å². The first-order chi connectivity index (χ1) is 11.2. The Morgan fingerprint density at radius 1 is 1.22 bits per heavy atom. The summed E-state index contributed by atoms with van der Waals surface area (Å²) in [6.07, 6.45) is 3.43. The number of aromatic nitrogens is 2. The summed E-state index contributed by atoms with van der Waals surface area (Å²) in [5.41, 5.74) is 3.03. The first-order valence-corrected chi connectivity index (χ1v) is 8.84. The third-order valence-electron chi connectivity index (χ3n) is 3.79. The van der Waals surface area contributed by atoms with Gasteiger partial charge in [-0.3, -0.25) is 9.78 Å². The van der Waals surface area contributed by atoms with Crippen LogP contribution < -0.4 is 10.9 Å². The lowest BCUT2D eigenvalue weighted by molar-refractivity contribution is 0.740. The zero-order chi connectivity index (χ0) is 16.2. The largest absolute Gasteiger partial charge is 0.356 e. The first-order valence-electron chi connectivity index (χ1n) is 8.02. The number of hydrogen-bond donors (Lipinski definition) is 2. The van der Waals surface area contributed by atoms with E-state index in [1.165, 1.54) is 29.7 Å². The highest BCUT2D eigenvalue weighted by atomic mass is 32.1. The van der Waals surface area contributed by atoms with Crippen molar-refractivity contribution < 1.29 is 0 Å². The highest BCUT2D eigenvalue weighted by Gasteiger charge is 2.10. The summed E-state index contributed by atoms with van der Waals surface area (Å²) in [5.74, 6) is 0.562. The topological polar surface area (TPSA) is 57.8 Å². The molecular weight excluding hydrogens is 306 g/mol. The number of unbranched alkanes of at least 4 members (excludes halogenated alkanes) is 2. The van der Waals surface area contributed by atoms with Crippen LogP contribution in [0.5, 0.6) is 0 Å². The summed E-state index contributed by atoms with van der Waals surface area (Å²) in [7, 11) is 0. The molecule has 0 spiro atoms. The zero-order valence-corrected chi connectivity index (χ0v) is 14.3. The lowest BCUT2D eigenvalue weighted by Crippen LogP contribution is -2.12. The van der Waals surface area contributed by atoms with Crippen LogP contribution in [0.2, 0.25) is 0 Å². The van der Waals surface area contributed by atoms with Gasteiger partial charge in [0.05, 0.1) is 5.52 Å². The molecule has 120 valence electrons. The monoisotopic (exact) mass is 327 g/mol. The minimum absolute atomic E-state index is 0.0728. The van der Waals surface area contributed by atoms with Crippen LogP contribution in [0, 0.1) is 6.92 Å². The molecule has 23 heavy (non-hydrogen) atoms. The summed E-state index contributed by atoms with van der Waals surface area (Å²) in [4.78, 5) is 20.7. The summed E-state index contributed by atoms with van der Waals surface area (Å²) in [5, 5.41) is 3.21. The maximum atomic E-state index is 12.3. The molecule has 0 saturated heterocycles. The van der Waals surface area contributed by atoms with E-state index >= 15 is 0 Å². The number of fused-ring (bicyclic) bond motifs is 1. The number of aromatic amines is 1. The number of aryl methyl sites for hydroxylation is 1. The van der Waals surface area contributed by atoms with Gasteiger partial charge in [0.15, 0.2) is 0 Å². The van der Waals surface area contributed by atoms with Crippen molar-refractivity contribution >= 4 is 27.5 Å². The molecule has 5 heteroatoms. The van der Waals surface area contributed by atoms with Crippen LogP contribution in [0.4, 0.5) is 5.95 Å². The van der Waals surface area contributed by atoms with E-state index in [0.717, 1.165) is 28.9 Å². The highest BCUT2D eigenvalue weighted by Crippen LogP contribution is 2.31. The molecule has 0 aliphatic heterocycles. The number of rotatable bonds is 6. The van der Waals surface area contributed by atoms with Gasteiger partial charge in [-0.2, -0.15) is 0 Å². The van der Waals surface area contributed by atoms with Gasteiger partial charge in [-0.1, -0.05) is 49.6 Å². The zero-order valence-electron chi connectivity index (χ0n) is 13.5. The number of nitrogens with zero attached hydrogens (tertiary/aromatic N) is 1. The van der Waals surface area contributed by atoms with Crippen LogP contribution in [0.25, 0.3) is 20.7 Å². The average Bonchev–Trinajstić information content (AvgIpc) is 2.97. The fourth-order valence-electron chi connectivity index (χ4n) is 2.47. The molecule has 0 amide bonds. The lowest BCUT2D eigenvalue weighted by atomic mass is 10.1. The molecule has 3 aromatic rings. The third-order valence-corrected chi connectivity index (χ3v) is 4.96. The predicted octanol–water partition coefficient (Wildman–Crippen LogP) is 4.56. The van der Waals surface area contributed by atoms with Crippen LogP contribution in [0.1, 0.15) is 31.7 Å². The van der Waals surface area contributed by atoms with Gasteiger partial charge in [0.2, 0.25) is 5.95 Å². The minimum Gasteiger partial charge on any atom is -0.356 e. The molecule has 2 aromatic heterocycles. The van der Waals surface area contributed by atoms with Gasteiger partial charge in [-0.25, -0.2) is 4.98 Å². The fraction of sp³-hybridized carbons (Fsp3) is 0.333. The Morgan fingerprint density at radius 2 is 2.00 bits per heavy atom. The fourth-order valence-corrected chi connectivity index (χ4v) is 3.46.